The number of carbonyl (C=O) groups is 1. The molecule has 0 radical (unpaired) electrons. The van der Waals surface area contributed by atoms with Gasteiger partial charge in [-0.05, 0) is 30.7 Å². The van der Waals surface area contributed by atoms with E-state index < -0.39 is 49.3 Å². The van der Waals surface area contributed by atoms with E-state index in [1.807, 2.05) is 6.92 Å². The molecule has 0 saturated carbocycles. The van der Waals surface area contributed by atoms with E-state index >= 15 is 0 Å². The lowest BCUT2D eigenvalue weighted by Crippen LogP contribution is -2.37. The lowest BCUT2D eigenvalue weighted by molar-refractivity contribution is -0.154. The number of anilines is 2. The maximum Gasteiger partial charge on any atom is 0.422 e. The van der Waals surface area contributed by atoms with Crippen molar-refractivity contribution < 1.29 is 45.3 Å². The number of nitrogens with zero attached hydrogens (tertiary/aromatic N) is 3. The molecule has 0 atom stereocenters. The highest BCUT2D eigenvalue weighted by Gasteiger charge is 2.30. The van der Waals surface area contributed by atoms with Gasteiger partial charge in [-0.3, -0.25) is 10.2 Å². The summed E-state index contributed by atoms with van der Waals surface area (Å²) in [5.41, 5.74) is 0.384. The van der Waals surface area contributed by atoms with E-state index in [4.69, 9.17) is 4.74 Å². The van der Waals surface area contributed by atoms with Gasteiger partial charge in [0.2, 0.25) is 17.7 Å². The van der Waals surface area contributed by atoms with Crippen molar-refractivity contribution in [1.82, 2.24) is 9.97 Å². The molecule has 8 nitrogen and oxygen atoms in total. The van der Waals surface area contributed by atoms with Crippen LogP contribution in [0.3, 0.4) is 0 Å². The Balaban J connectivity index is 2.28. The topological polar surface area (TPSA) is 85.8 Å². The van der Waals surface area contributed by atoms with Crippen LogP contribution >= 0.6 is 15.9 Å². The van der Waals surface area contributed by atoms with E-state index in [1.165, 1.54) is 0 Å². The molecular weight excluding hydrogens is 542 g/mol. The maximum absolute atomic E-state index is 12.9. The van der Waals surface area contributed by atoms with E-state index in [0.29, 0.717) is 24.8 Å². The predicted molar refractivity (Wildman–Crippen MR) is 112 cm³/mol. The molecule has 2 aromatic rings. The molecule has 34 heavy (non-hydrogen) atoms. The van der Waals surface area contributed by atoms with E-state index in [1.54, 1.807) is 24.3 Å². The van der Waals surface area contributed by atoms with Crippen LogP contribution < -0.4 is 19.7 Å². The van der Waals surface area contributed by atoms with Crippen molar-refractivity contribution in [2.75, 3.05) is 36.8 Å². The molecule has 0 spiro atoms. The van der Waals surface area contributed by atoms with Crippen LogP contribution in [0.5, 0.6) is 11.8 Å². The molecule has 188 valence electrons. The summed E-state index contributed by atoms with van der Waals surface area (Å²) in [6.07, 6.45) is -8.82. The summed E-state index contributed by atoms with van der Waals surface area (Å²) in [5.74, 6) is -2.14. The highest BCUT2D eigenvalue weighted by atomic mass is 79.9. The van der Waals surface area contributed by atoms with Crippen LogP contribution in [0.15, 0.2) is 34.8 Å². The lowest BCUT2D eigenvalue weighted by atomic mass is 10.3. The Hall–Kier alpha value is -2.81. The first-order valence-electron chi connectivity index (χ1n) is 9.56. The Morgan fingerprint density at radius 3 is 2.00 bits per heavy atom. The number of aromatic nitrogens is 2. The third-order valence-corrected chi connectivity index (χ3v) is 4.15. The fourth-order valence-electron chi connectivity index (χ4n) is 2.25. The summed E-state index contributed by atoms with van der Waals surface area (Å²) >= 11 is 3.26. The molecule has 0 unspecified atom stereocenters. The van der Waals surface area contributed by atoms with E-state index in [0.717, 1.165) is 9.37 Å². The molecule has 1 aromatic carbocycles. The van der Waals surface area contributed by atoms with Crippen LogP contribution in [0.1, 0.15) is 13.3 Å². The molecule has 0 aliphatic carbocycles. The Kier molecular flexibility index (Phi) is 9.73. The van der Waals surface area contributed by atoms with E-state index in [-0.39, 0.29) is 6.73 Å². The molecule has 0 saturated heterocycles. The van der Waals surface area contributed by atoms with Crippen LogP contribution in [0.25, 0.3) is 0 Å². The summed E-state index contributed by atoms with van der Waals surface area (Å²) in [7, 11) is 0. The molecule has 0 aliphatic rings. The first-order chi connectivity index (χ1) is 15.9. The van der Waals surface area contributed by atoms with Gasteiger partial charge in [0.1, 0.15) is 6.73 Å². The SMILES string of the molecule is CCCOCN(C(=O)Nc1nc(OCC(F)(F)F)cc(OCC(F)(F)F)n1)c1ccc(Br)cc1. The molecule has 2 amide bonds. The van der Waals surface area contributed by atoms with Crippen molar-refractivity contribution in [2.24, 2.45) is 0 Å². The predicted octanol–water partition coefficient (Wildman–Crippen LogP) is 5.54. The molecular formula is C19H19BrF6N4O4. The zero-order chi connectivity index (χ0) is 25.4. The highest BCUT2D eigenvalue weighted by Crippen LogP contribution is 2.25. The quantitative estimate of drug-likeness (QED) is 0.233. The second-order valence-electron chi connectivity index (χ2n) is 6.55. The molecule has 0 bridgehead atoms. The Morgan fingerprint density at radius 2 is 1.53 bits per heavy atom. The zero-order valence-electron chi connectivity index (χ0n) is 17.5. The fraction of sp³-hybridized carbons (Fsp3) is 0.421. The number of halogens is 7. The Bertz CT molecular complexity index is 908. The van der Waals surface area contributed by atoms with Gasteiger partial charge >= 0.3 is 18.4 Å². The first kappa shape index (κ1) is 27.4. The van der Waals surface area contributed by atoms with Crippen molar-refractivity contribution in [3.63, 3.8) is 0 Å². The van der Waals surface area contributed by atoms with Crippen LogP contribution in [-0.4, -0.2) is 54.9 Å². The maximum atomic E-state index is 12.9. The number of nitrogens with one attached hydrogen (secondary N) is 1. The van der Waals surface area contributed by atoms with Gasteiger partial charge < -0.3 is 14.2 Å². The van der Waals surface area contributed by atoms with Crippen molar-refractivity contribution >= 4 is 33.6 Å². The van der Waals surface area contributed by atoms with Crippen molar-refractivity contribution in [3.05, 3.63) is 34.8 Å². The number of urea groups is 1. The number of alkyl halides is 6. The third kappa shape index (κ3) is 9.99. The summed E-state index contributed by atoms with van der Waals surface area (Å²) in [5, 5.41) is 2.21. The molecule has 15 heteroatoms. The number of rotatable bonds is 10. The van der Waals surface area contributed by atoms with Crippen molar-refractivity contribution in [3.8, 4) is 11.8 Å². The largest absolute Gasteiger partial charge is 0.468 e. The average molecular weight is 561 g/mol. The van der Waals surface area contributed by atoms with Crippen LogP contribution in [-0.2, 0) is 4.74 Å². The number of hydrogen-bond acceptors (Lipinski definition) is 6. The van der Waals surface area contributed by atoms with E-state index in [2.05, 4.69) is 40.7 Å². The van der Waals surface area contributed by atoms with Crippen LogP contribution in [0.4, 0.5) is 42.8 Å². The second kappa shape index (κ2) is 12.1. The minimum Gasteiger partial charge on any atom is -0.468 e. The Labute approximate surface area is 198 Å². The first-order valence-corrected chi connectivity index (χ1v) is 10.4. The number of amides is 2. The van der Waals surface area contributed by atoms with Gasteiger partial charge in [0.25, 0.3) is 0 Å². The fourth-order valence-corrected chi connectivity index (χ4v) is 2.52. The zero-order valence-corrected chi connectivity index (χ0v) is 19.1. The Morgan fingerprint density at radius 1 is 1.00 bits per heavy atom. The number of hydrogen-bond donors (Lipinski definition) is 1. The van der Waals surface area contributed by atoms with Crippen LogP contribution in [0, 0.1) is 0 Å². The van der Waals surface area contributed by atoms with E-state index in [9.17, 15) is 31.1 Å². The third-order valence-electron chi connectivity index (χ3n) is 3.62. The summed E-state index contributed by atoms with van der Waals surface area (Å²) < 4.78 is 90.0. The highest BCUT2D eigenvalue weighted by molar-refractivity contribution is 9.10. The molecule has 1 heterocycles. The minimum absolute atomic E-state index is 0.205. The molecule has 1 aromatic heterocycles. The normalized spacial score (nSPS) is 11.8. The van der Waals surface area contributed by atoms with Gasteiger partial charge in [0.15, 0.2) is 13.2 Å². The number of benzene rings is 1. The number of ether oxygens (including phenoxy) is 3. The molecule has 0 fully saturated rings. The summed E-state index contributed by atoms with van der Waals surface area (Å²) in [6.45, 7) is -1.57. The standard InChI is InChI=1S/C19H19BrF6N4O4/c1-2-7-32-11-30(13-5-3-12(20)4-6-13)17(31)29-16-27-14(33-9-18(21,22)23)8-15(28-16)34-10-19(24,25)26/h3-6,8H,2,7,9-11H2,1H3,(H,27,28,29,31). The average Bonchev–Trinajstić information content (AvgIpc) is 2.74. The smallest absolute Gasteiger partial charge is 0.422 e. The van der Waals surface area contributed by atoms with Gasteiger partial charge in [0, 0.05) is 16.8 Å². The van der Waals surface area contributed by atoms with Gasteiger partial charge in [-0.15, -0.1) is 0 Å². The van der Waals surface area contributed by atoms with Crippen molar-refractivity contribution in [2.45, 2.75) is 25.7 Å². The molecule has 2 rings (SSSR count). The van der Waals surface area contributed by atoms with Gasteiger partial charge in [-0.25, -0.2) is 4.79 Å². The van der Waals surface area contributed by atoms with Gasteiger partial charge in [-0.2, -0.15) is 36.3 Å². The van der Waals surface area contributed by atoms with Crippen LogP contribution in [0.2, 0.25) is 0 Å². The van der Waals surface area contributed by atoms with Crippen molar-refractivity contribution in [1.29, 1.82) is 0 Å². The second-order valence-corrected chi connectivity index (χ2v) is 7.46. The summed E-state index contributed by atoms with van der Waals surface area (Å²) in [6, 6.07) is 6.25. The molecule has 1 N–H and O–H groups in total. The molecule has 0 aliphatic heterocycles. The number of carbonyl (C=O) groups excluding carboxylic acids is 1. The lowest BCUT2D eigenvalue weighted by Gasteiger charge is -2.23. The van der Waals surface area contributed by atoms with Gasteiger partial charge in [0.05, 0.1) is 6.07 Å². The monoisotopic (exact) mass is 560 g/mol. The summed E-state index contributed by atoms with van der Waals surface area (Å²) in [4.78, 5) is 21.2. The minimum atomic E-state index is -4.74. The van der Waals surface area contributed by atoms with Gasteiger partial charge in [-0.1, -0.05) is 22.9 Å².